The summed E-state index contributed by atoms with van der Waals surface area (Å²) in [5.74, 6) is 2.69. The van der Waals surface area contributed by atoms with Gasteiger partial charge in [0.2, 0.25) is 5.95 Å². The molecule has 0 spiro atoms. The number of halogens is 1. The van der Waals surface area contributed by atoms with Gasteiger partial charge >= 0.3 is 0 Å². The Labute approximate surface area is 106 Å². The standard InChI is InChI=1S/C12H20BrN3/c1-8(2)11(9(3)4)7-16-12-14-5-10(13)6-15-12/h5-6,8-9,11H,7H2,1-4H3,(H,14,15,16). The van der Waals surface area contributed by atoms with Gasteiger partial charge < -0.3 is 5.32 Å². The van der Waals surface area contributed by atoms with Crippen LogP contribution in [0.1, 0.15) is 27.7 Å². The molecule has 0 saturated carbocycles. The summed E-state index contributed by atoms with van der Waals surface area (Å²) in [5, 5.41) is 3.29. The number of nitrogens with one attached hydrogen (secondary N) is 1. The third-order valence-electron chi connectivity index (χ3n) is 2.83. The highest BCUT2D eigenvalue weighted by molar-refractivity contribution is 9.10. The lowest BCUT2D eigenvalue weighted by Crippen LogP contribution is -2.25. The van der Waals surface area contributed by atoms with Crippen molar-refractivity contribution in [2.24, 2.45) is 17.8 Å². The predicted octanol–water partition coefficient (Wildman–Crippen LogP) is 3.58. The SMILES string of the molecule is CC(C)C(CNc1ncc(Br)cn1)C(C)C. The van der Waals surface area contributed by atoms with Crippen LogP contribution < -0.4 is 5.32 Å². The molecule has 0 aliphatic heterocycles. The predicted molar refractivity (Wildman–Crippen MR) is 71.4 cm³/mol. The van der Waals surface area contributed by atoms with Crippen LogP contribution in [0, 0.1) is 17.8 Å². The summed E-state index contributed by atoms with van der Waals surface area (Å²) in [6.45, 7) is 9.96. The molecular formula is C12H20BrN3. The molecule has 1 N–H and O–H groups in total. The van der Waals surface area contributed by atoms with Gasteiger partial charge in [-0.3, -0.25) is 0 Å². The molecule has 0 fully saturated rings. The zero-order valence-electron chi connectivity index (χ0n) is 10.4. The normalized spacial score (nSPS) is 11.5. The summed E-state index contributed by atoms with van der Waals surface area (Å²) in [7, 11) is 0. The number of hydrogen-bond donors (Lipinski definition) is 1. The summed E-state index contributed by atoms with van der Waals surface area (Å²) < 4.78 is 0.905. The molecule has 16 heavy (non-hydrogen) atoms. The second-order valence-electron chi connectivity index (χ2n) is 4.76. The van der Waals surface area contributed by atoms with Crippen molar-refractivity contribution < 1.29 is 0 Å². The second kappa shape index (κ2) is 6.18. The Hall–Kier alpha value is -0.640. The Bertz CT molecular complexity index is 301. The fourth-order valence-electron chi connectivity index (χ4n) is 1.85. The minimum Gasteiger partial charge on any atom is -0.354 e. The van der Waals surface area contributed by atoms with Crippen molar-refractivity contribution in [3.05, 3.63) is 16.9 Å². The van der Waals surface area contributed by atoms with Gasteiger partial charge in [0.1, 0.15) is 0 Å². The average Bonchev–Trinajstić information content (AvgIpc) is 2.20. The van der Waals surface area contributed by atoms with E-state index in [9.17, 15) is 0 Å². The molecular weight excluding hydrogens is 266 g/mol. The first-order chi connectivity index (χ1) is 7.50. The topological polar surface area (TPSA) is 37.8 Å². The molecule has 0 radical (unpaired) electrons. The zero-order chi connectivity index (χ0) is 12.1. The summed E-state index contributed by atoms with van der Waals surface area (Å²) in [6.07, 6.45) is 3.52. The number of hydrogen-bond acceptors (Lipinski definition) is 3. The van der Waals surface area contributed by atoms with E-state index < -0.39 is 0 Å². The molecule has 4 heteroatoms. The lowest BCUT2D eigenvalue weighted by Gasteiger charge is -2.24. The molecule has 1 heterocycles. The maximum atomic E-state index is 4.20. The van der Waals surface area contributed by atoms with Crippen LogP contribution >= 0.6 is 15.9 Å². The van der Waals surface area contributed by atoms with Gasteiger partial charge in [-0.1, -0.05) is 27.7 Å². The van der Waals surface area contributed by atoms with Crippen LogP contribution in [0.5, 0.6) is 0 Å². The zero-order valence-corrected chi connectivity index (χ0v) is 12.0. The number of nitrogens with zero attached hydrogens (tertiary/aromatic N) is 2. The van der Waals surface area contributed by atoms with Gasteiger partial charge in [-0.2, -0.15) is 0 Å². The number of aromatic nitrogens is 2. The van der Waals surface area contributed by atoms with Crippen LogP contribution in [0.3, 0.4) is 0 Å². The molecule has 1 aromatic heterocycles. The molecule has 0 amide bonds. The third kappa shape index (κ3) is 4.08. The highest BCUT2D eigenvalue weighted by Gasteiger charge is 2.17. The molecule has 1 rings (SSSR count). The lowest BCUT2D eigenvalue weighted by molar-refractivity contribution is 0.304. The van der Waals surface area contributed by atoms with Crippen LogP contribution in [0.25, 0.3) is 0 Å². The summed E-state index contributed by atoms with van der Waals surface area (Å²) in [6, 6.07) is 0. The van der Waals surface area contributed by atoms with Gasteiger partial charge in [0.25, 0.3) is 0 Å². The van der Waals surface area contributed by atoms with Crippen LogP contribution in [0.2, 0.25) is 0 Å². The second-order valence-corrected chi connectivity index (χ2v) is 5.67. The summed E-state index contributed by atoms with van der Waals surface area (Å²) >= 11 is 3.32. The molecule has 0 aliphatic carbocycles. The van der Waals surface area contributed by atoms with E-state index in [1.54, 1.807) is 12.4 Å². The van der Waals surface area contributed by atoms with E-state index in [-0.39, 0.29) is 0 Å². The number of anilines is 1. The first-order valence-corrected chi connectivity index (χ1v) is 6.51. The van der Waals surface area contributed by atoms with E-state index in [2.05, 4.69) is 58.9 Å². The van der Waals surface area contributed by atoms with E-state index >= 15 is 0 Å². The van der Waals surface area contributed by atoms with Gasteiger partial charge in [0.15, 0.2) is 0 Å². The Morgan fingerprint density at radius 2 is 1.62 bits per heavy atom. The molecule has 0 atom stereocenters. The molecule has 0 unspecified atom stereocenters. The van der Waals surface area contributed by atoms with Crippen molar-refractivity contribution in [1.82, 2.24) is 9.97 Å². The van der Waals surface area contributed by atoms with Crippen molar-refractivity contribution in [2.45, 2.75) is 27.7 Å². The van der Waals surface area contributed by atoms with Crippen LogP contribution in [-0.4, -0.2) is 16.5 Å². The minimum absolute atomic E-state index is 0.646. The largest absolute Gasteiger partial charge is 0.354 e. The first-order valence-electron chi connectivity index (χ1n) is 5.72. The number of rotatable bonds is 5. The van der Waals surface area contributed by atoms with E-state index in [1.165, 1.54) is 0 Å². The minimum atomic E-state index is 0.646. The van der Waals surface area contributed by atoms with Crippen molar-refractivity contribution in [3.63, 3.8) is 0 Å². The van der Waals surface area contributed by atoms with E-state index in [0.717, 1.165) is 11.0 Å². The van der Waals surface area contributed by atoms with Crippen molar-refractivity contribution in [3.8, 4) is 0 Å². The smallest absolute Gasteiger partial charge is 0.222 e. The highest BCUT2D eigenvalue weighted by atomic mass is 79.9. The van der Waals surface area contributed by atoms with E-state index in [4.69, 9.17) is 0 Å². The Balaban J connectivity index is 2.52. The van der Waals surface area contributed by atoms with Crippen molar-refractivity contribution in [2.75, 3.05) is 11.9 Å². The Morgan fingerprint density at radius 3 is 2.06 bits per heavy atom. The van der Waals surface area contributed by atoms with Crippen molar-refractivity contribution in [1.29, 1.82) is 0 Å². The Kier molecular flexibility index (Phi) is 5.19. The maximum Gasteiger partial charge on any atom is 0.222 e. The molecule has 0 aliphatic rings. The van der Waals surface area contributed by atoms with Crippen molar-refractivity contribution >= 4 is 21.9 Å². The van der Waals surface area contributed by atoms with Gasteiger partial charge in [-0.15, -0.1) is 0 Å². The van der Waals surface area contributed by atoms with Crippen LogP contribution in [0.15, 0.2) is 16.9 Å². The lowest BCUT2D eigenvalue weighted by atomic mass is 9.85. The van der Waals surface area contributed by atoms with Gasteiger partial charge in [0, 0.05) is 18.9 Å². The highest BCUT2D eigenvalue weighted by Crippen LogP contribution is 2.20. The van der Waals surface area contributed by atoms with E-state index in [1.807, 2.05) is 0 Å². The molecule has 3 nitrogen and oxygen atoms in total. The fourth-order valence-corrected chi connectivity index (χ4v) is 2.06. The van der Waals surface area contributed by atoms with Gasteiger partial charge in [-0.05, 0) is 33.7 Å². The molecule has 0 aromatic carbocycles. The third-order valence-corrected chi connectivity index (χ3v) is 3.24. The monoisotopic (exact) mass is 285 g/mol. The quantitative estimate of drug-likeness (QED) is 0.899. The molecule has 0 saturated heterocycles. The van der Waals surface area contributed by atoms with Crippen LogP contribution in [-0.2, 0) is 0 Å². The van der Waals surface area contributed by atoms with Crippen LogP contribution in [0.4, 0.5) is 5.95 Å². The van der Waals surface area contributed by atoms with E-state index in [0.29, 0.717) is 23.7 Å². The molecule has 0 bridgehead atoms. The summed E-state index contributed by atoms with van der Waals surface area (Å²) in [5.41, 5.74) is 0. The Morgan fingerprint density at radius 1 is 1.12 bits per heavy atom. The maximum absolute atomic E-state index is 4.20. The molecule has 90 valence electrons. The average molecular weight is 286 g/mol. The van der Waals surface area contributed by atoms with Gasteiger partial charge in [0.05, 0.1) is 4.47 Å². The first kappa shape index (κ1) is 13.4. The molecule has 1 aromatic rings. The van der Waals surface area contributed by atoms with Gasteiger partial charge in [-0.25, -0.2) is 9.97 Å². The summed E-state index contributed by atoms with van der Waals surface area (Å²) in [4.78, 5) is 8.40. The fraction of sp³-hybridized carbons (Fsp3) is 0.667.